The lowest BCUT2D eigenvalue weighted by Crippen LogP contribution is -2.31. The molecule has 0 bridgehead atoms. The molecule has 0 radical (unpaired) electrons. The molecule has 1 aliphatic carbocycles. The summed E-state index contributed by atoms with van der Waals surface area (Å²) in [4.78, 5) is 12.0. The second-order valence-corrected chi connectivity index (χ2v) is 6.48. The van der Waals surface area contributed by atoms with Crippen molar-refractivity contribution in [3.8, 4) is 5.69 Å². The monoisotopic (exact) mass is 327 g/mol. The van der Waals surface area contributed by atoms with E-state index < -0.39 is 0 Å². The Labute approximate surface area is 143 Å². The molecule has 0 fully saturated rings. The summed E-state index contributed by atoms with van der Waals surface area (Å²) in [5.74, 6) is 0.0358. The highest BCUT2D eigenvalue weighted by Crippen LogP contribution is 2.31. The SMILES string of the molecule is COCCC(=O)N[C@H]1CCCc2c1cnn2-c1ccc(C)c(C)c1. The van der Waals surface area contributed by atoms with E-state index in [-0.39, 0.29) is 11.9 Å². The molecular weight excluding hydrogens is 302 g/mol. The van der Waals surface area contributed by atoms with E-state index in [4.69, 9.17) is 4.74 Å². The average Bonchev–Trinajstić information content (AvgIpc) is 3.00. The van der Waals surface area contributed by atoms with E-state index in [9.17, 15) is 4.79 Å². The van der Waals surface area contributed by atoms with Crippen molar-refractivity contribution in [1.29, 1.82) is 0 Å². The van der Waals surface area contributed by atoms with Gasteiger partial charge >= 0.3 is 0 Å². The lowest BCUT2D eigenvalue weighted by atomic mass is 9.92. The fourth-order valence-electron chi connectivity index (χ4n) is 3.25. The van der Waals surface area contributed by atoms with Crippen LogP contribution in [0.5, 0.6) is 0 Å². The summed E-state index contributed by atoms with van der Waals surface area (Å²) in [5.41, 5.74) is 5.98. The molecule has 0 unspecified atom stereocenters. The Hall–Kier alpha value is -2.14. The first-order valence-corrected chi connectivity index (χ1v) is 8.53. The third-order valence-corrected chi connectivity index (χ3v) is 4.79. The van der Waals surface area contributed by atoms with Crippen LogP contribution in [0.1, 0.15) is 47.7 Å². The number of methoxy groups -OCH3 is 1. The maximum atomic E-state index is 12.0. The molecule has 5 heteroatoms. The van der Waals surface area contributed by atoms with Crippen LogP contribution in [0.2, 0.25) is 0 Å². The second kappa shape index (κ2) is 7.18. The second-order valence-electron chi connectivity index (χ2n) is 6.48. The van der Waals surface area contributed by atoms with E-state index in [1.54, 1.807) is 7.11 Å². The summed E-state index contributed by atoms with van der Waals surface area (Å²) in [5, 5.41) is 7.72. The highest BCUT2D eigenvalue weighted by Gasteiger charge is 2.26. The predicted molar refractivity (Wildman–Crippen MR) is 93.4 cm³/mol. The van der Waals surface area contributed by atoms with Crippen LogP contribution in [-0.2, 0) is 16.0 Å². The minimum absolute atomic E-state index is 0.0358. The number of amides is 1. The summed E-state index contributed by atoms with van der Waals surface area (Å²) in [7, 11) is 1.61. The maximum absolute atomic E-state index is 12.0. The summed E-state index contributed by atoms with van der Waals surface area (Å²) < 4.78 is 7.00. The van der Waals surface area contributed by atoms with Gasteiger partial charge in [-0.1, -0.05) is 6.07 Å². The van der Waals surface area contributed by atoms with Gasteiger partial charge in [0, 0.05) is 24.8 Å². The zero-order valence-electron chi connectivity index (χ0n) is 14.6. The minimum Gasteiger partial charge on any atom is -0.384 e. The van der Waals surface area contributed by atoms with Gasteiger partial charge in [0.2, 0.25) is 5.91 Å². The Bertz CT molecular complexity index is 736. The largest absolute Gasteiger partial charge is 0.384 e. The Balaban J connectivity index is 1.84. The van der Waals surface area contributed by atoms with Gasteiger partial charge in [0.15, 0.2) is 0 Å². The van der Waals surface area contributed by atoms with Crippen LogP contribution in [0.3, 0.4) is 0 Å². The fraction of sp³-hybridized carbons (Fsp3) is 0.474. The van der Waals surface area contributed by atoms with Gasteiger partial charge < -0.3 is 10.1 Å². The highest BCUT2D eigenvalue weighted by atomic mass is 16.5. The zero-order chi connectivity index (χ0) is 17.1. The number of aryl methyl sites for hydroxylation is 2. The molecule has 0 aliphatic heterocycles. The molecule has 1 atom stereocenters. The molecule has 1 heterocycles. The Morgan fingerprint density at radius 3 is 2.96 bits per heavy atom. The van der Waals surface area contributed by atoms with E-state index in [0.717, 1.165) is 30.5 Å². The number of fused-ring (bicyclic) bond motifs is 1. The first-order valence-electron chi connectivity index (χ1n) is 8.53. The smallest absolute Gasteiger partial charge is 0.222 e. The zero-order valence-corrected chi connectivity index (χ0v) is 14.6. The lowest BCUT2D eigenvalue weighted by Gasteiger charge is -2.24. The third-order valence-electron chi connectivity index (χ3n) is 4.79. The molecule has 0 spiro atoms. The molecule has 1 aromatic carbocycles. The van der Waals surface area contributed by atoms with E-state index >= 15 is 0 Å². The summed E-state index contributed by atoms with van der Waals surface area (Å²) in [6.45, 7) is 4.68. The van der Waals surface area contributed by atoms with Crippen LogP contribution in [0.15, 0.2) is 24.4 Å². The molecule has 24 heavy (non-hydrogen) atoms. The number of rotatable bonds is 5. The van der Waals surface area contributed by atoms with Gasteiger partial charge in [-0.2, -0.15) is 5.10 Å². The van der Waals surface area contributed by atoms with Crippen LogP contribution < -0.4 is 5.32 Å². The number of benzene rings is 1. The quantitative estimate of drug-likeness (QED) is 0.918. The third kappa shape index (κ3) is 3.36. The Morgan fingerprint density at radius 2 is 2.21 bits per heavy atom. The van der Waals surface area contributed by atoms with Crippen molar-refractivity contribution in [2.24, 2.45) is 0 Å². The summed E-state index contributed by atoms with van der Waals surface area (Å²) >= 11 is 0. The van der Waals surface area contributed by atoms with Gasteiger partial charge in [0.05, 0.1) is 24.5 Å². The minimum atomic E-state index is 0.0358. The molecule has 3 rings (SSSR count). The van der Waals surface area contributed by atoms with Gasteiger partial charge in [-0.25, -0.2) is 4.68 Å². The molecule has 1 aliphatic rings. The number of carbonyl (C=O) groups excluding carboxylic acids is 1. The molecule has 2 aromatic rings. The first kappa shape index (κ1) is 16.7. The van der Waals surface area contributed by atoms with Crippen molar-refractivity contribution in [3.63, 3.8) is 0 Å². The number of nitrogens with one attached hydrogen (secondary N) is 1. The Morgan fingerprint density at radius 1 is 1.38 bits per heavy atom. The van der Waals surface area contributed by atoms with Gasteiger partial charge in [-0.3, -0.25) is 4.79 Å². The van der Waals surface area contributed by atoms with Crippen LogP contribution in [-0.4, -0.2) is 29.4 Å². The van der Waals surface area contributed by atoms with Crippen molar-refractivity contribution in [3.05, 3.63) is 46.8 Å². The Kier molecular flexibility index (Phi) is 5.00. The van der Waals surface area contributed by atoms with Crippen LogP contribution >= 0.6 is 0 Å². The topological polar surface area (TPSA) is 56.1 Å². The number of hydrogen-bond donors (Lipinski definition) is 1. The van der Waals surface area contributed by atoms with Crippen LogP contribution in [0.25, 0.3) is 5.69 Å². The molecule has 5 nitrogen and oxygen atoms in total. The lowest BCUT2D eigenvalue weighted by molar-refractivity contribution is -0.122. The molecule has 1 aromatic heterocycles. The summed E-state index contributed by atoms with van der Waals surface area (Å²) in [6, 6.07) is 6.46. The van der Waals surface area contributed by atoms with E-state index in [1.165, 1.54) is 16.8 Å². The molecule has 1 amide bonds. The number of carbonyl (C=O) groups is 1. The van der Waals surface area contributed by atoms with Gasteiger partial charge in [0.1, 0.15) is 0 Å². The molecular formula is C19H25N3O2. The van der Waals surface area contributed by atoms with Gasteiger partial charge in [-0.05, 0) is 56.4 Å². The standard InChI is InChI=1S/C19H25N3O2/c1-13-7-8-15(11-14(13)2)22-18-6-4-5-17(16(18)12-20-22)21-19(23)9-10-24-3/h7-8,11-12,17H,4-6,9-10H2,1-3H3,(H,21,23)/t17-/m0/s1. The van der Waals surface area contributed by atoms with E-state index in [2.05, 4.69) is 42.5 Å². The predicted octanol–water partition coefficient (Wildman–Crippen LogP) is 3.02. The van der Waals surface area contributed by atoms with Gasteiger partial charge in [0.25, 0.3) is 0 Å². The van der Waals surface area contributed by atoms with Crippen LogP contribution in [0, 0.1) is 13.8 Å². The van der Waals surface area contributed by atoms with Crippen LogP contribution in [0.4, 0.5) is 0 Å². The molecule has 0 saturated heterocycles. The maximum Gasteiger partial charge on any atom is 0.222 e. The van der Waals surface area contributed by atoms with Gasteiger partial charge in [-0.15, -0.1) is 0 Å². The number of nitrogens with zero attached hydrogens (tertiary/aromatic N) is 2. The van der Waals surface area contributed by atoms with E-state index in [1.807, 2.05) is 10.9 Å². The molecule has 0 saturated carbocycles. The molecule has 1 N–H and O–H groups in total. The normalized spacial score (nSPS) is 16.7. The van der Waals surface area contributed by atoms with Crippen molar-refractivity contribution >= 4 is 5.91 Å². The average molecular weight is 327 g/mol. The van der Waals surface area contributed by atoms with E-state index in [0.29, 0.717) is 13.0 Å². The van der Waals surface area contributed by atoms with Crippen molar-refractivity contribution in [2.45, 2.75) is 45.6 Å². The van der Waals surface area contributed by atoms with Crippen molar-refractivity contribution in [1.82, 2.24) is 15.1 Å². The first-order chi connectivity index (χ1) is 11.6. The van der Waals surface area contributed by atoms with Crippen molar-refractivity contribution in [2.75, 3.05) is 13.7 Å². The molecule has 128 valence electrons. The number of aromatic nitrogens is 2. The van der Waals surface area contributed by atoms with Crippen molar-refractivity contribution < 1.29 is 9.53 Å². The number of ether oxygens (including phenoxy) is 1. The highest BCUT2D eigenvalue weighted by molar-refractivity contribution is 5.76. The summed E-state index contributed by atoms with van der Waals surface area (Å²) in [6.07, 6.45) is 5.31. The number of hydrogen-bond acceptors (Lipinski definition) is 3. The fourth-order valence-corrected chi connectivity index (χ4v) is 3.25.